The van der Waals surface area contributed by atoms with Crippen molar-refractivity contribution in [1.82, 2.24) is 14.5 Å². The number of nitrogens with zero attached hydrogens (tertiary/aromatic N) is 4. The number of hydrogen-bond acceptors (Lipinski definition) is 5. The maximum Gasteiger partial charge on any atom is 0.470 e. The summed E-state index contributed by atoms with van der Waals surface area (Å²) < 4.78 is 100. The van der Waals surface area contributed by atoms with Crippen LogP contribution in [0.4, 0.5) is 27.6 Å². The first-order valence-corrected chi connectivity index (χ1v) is 11.7. The summed E-state index contributed by atoms with van der Waals surface area (Å²) in [6, 6.07) is 8.25. The van der Waals surface area contributed by atoms with Crippen molar-refractivity contribution in [2.45, 2.75) is 32.0 Å². The topological polar surface area (TPSA) is 79.5 Å². The third-order valence-electron chi connectivity index (χ3n) is 5.30. The van der Waals surface area contributed by atoms with Crippen LogP contribution in [0.25, 0.3) is 11.5 Å². The van der Waals surface area contributed by atoms with Gasteiger partial charge in [0.2, 0.25) is 5.89 Å². The highest BCUT2D eigenvalue weighted by atomic mass is 32.2. The van der Waals surface area contributed by atoms with Crippen LogP contribution in [0.3, 0.4) is 0 Å². The maximum atomic E-state index is 14.9. The van der Waals surface area contributed by atoms with Crippen molar-refractivity contribution in [3.8, 4) is 11.5 Å². The smallest absolute Gasteiger partial charge is 0.413 e. The van der Waals surface area contributed by atoms with Crippen LogP contribution >= 0.6 is 0 Å². The van der Waals surface area contributed by atoms with Gasteiger partial charge < -0.3 is 4.42 Å². The molecule has 0 atom stereocenters. The van der Waals surface area contributed by atoms with Gasteiger partial charge in [-0.15, -0.1) is 10.2 Å². The standard InChI is InChI=1S/C21H19F5N4O3S/c22-16-5-4-6-17(12-16)30(34(31,32)29-9-2-1-3-10-29)13-15-8-7-14(11-18(15)23)19-27-28-20(33-19)21(24,25)26/h4-8,11-12H,1-3,9-10,13H2. The van der Waals surface area contributed by atoms with Gasteiger partial charge in [-0.2, -0.15) is 25.9 Å². The van der Waals surface area contributed by atoms with Crippen molar-refractivity contribution in [2.24, 2.45) is 0 Å². The van der Waals surface area contributed by atoms with E-state index in [1.807, 2.05) is 0 Å². The Kier molecular flexibility index (Phi) is 6.58. The summed E-state index contributed by atoms with van der Waals surface area (Å²) in [5.41, 5.74) is -0.176. The van der Waals surface area contributed by atoms with Crippen molar-refractivity contribution in [3.63, 3.8) is 0 Å². The van der Waals surface area contributed by atoms with Crippen LogP contribution in [0.15, 0.2) is 46.9 Å². The zero-order valence-electron chi connectivity index (χ0n) is 17.6. The number of alkyl halides is 3. The van der Waals surface area contributed by atoms with Gasteiger partial charge in [0.25, 0.3) is 0 Å². The number of hydrogen-bond donors (Lipinski definition) is 0. The van der Waals surface area contributed by atoms with Crippen molar-refractivity contribution >= 4 is 15.9 Å². The molecule has 0 radical (unpaired) electrons. The molecule has 3 aromatic rings. The second-order valence-electron chi connectivity index (χ2n) is 7.67. The molecule has 182 valence electrons. The van der Waals surface area contributed by atoms with Gasteiger partial charge in [-0.25, -0.2) is 8.78 Å². The number of piperidine rings is 1. The number of aromatic nitrogens is 2. The van der Waals surface area contributed by atoms with E-state index >= 15 is 0 Å². The van der Waals surface area contributed by atoms with Gasteiger partial charge in [-0.05, 0) is 43.2 Å². The molecule has 7 nitrogen and oxygen atoms in total. The lowest BCUT2D eigenvalue weighted by Crippen LogP contribution is -2.46. The highest BCUT2D eigenvalue weighted by Gasteiger charge is 2.38. The first-order valence-electron chi connectivity index (χ1n) is 10.3. The van der Waals surface area contributed by atoms with E-state index < -0.39 is 46.3 Å². The first-order chi connectivity index (χ1) is 16.1. The summed E-state index contributed by atoms with van der Waals surface area (Å²) >= 11 is 0. The second-order valence-corrected chi connectivity index (χ2v) is 9.52. The van der Waals surface area contributed by atoms with Crippen LogP contribution in [0.2, 0.25) is 0 Å². The molecule has 0 N–H and O–H groups in total. The minimum atomic E-state index is -4.85. The number of benzene rings is 2. The second kappa shape index (κ2) is 9.29. The van der Waals surface area contributed by atoms with E-state index in [2.05, 4.69) is 14.6 Å². The van der Waals surface area contributed by atoms with Crippen molar-refractivity contribution in [1.29, 1.82) is 0 Å². The number of anilines is 1. The molecule has 1 fully saturated rings. The summed E-state index contributed by atoms with van der Waals surface area (Å²) in [4.78, 5) is 0. The van der Waals surface area contributed by atoms with Crippen LogP contribution in [-0.2, 0) is 22.9 Å². The fourth-order valence-electron chi connectivity index (χ4n) is 3.59. The van der Waals surface area contributed by atoms with Crippen molar-refractivity contribution in [3.05, 3.63) is 65.6 Å². The van der Waals surface area contributed by atoms with Crippen LogP contribution in [0.5, 0.6) is 0 Å². The molecule has 1 saturated heterocycles. The Morgan fingerprint density at radius 2 is 1.74 bits per heavy atom. The monoisotopic (exact) mass is 502 g/mol. The van der Waals surface area contributed by atoms with E-state index in [-0.39, 0.29) is 29.9 Å². The fourth-order valence-corrected chi connectivity index (χ4v) is 5.27. The van der Waals surface area contributed by atoms with Gasteiger partial charge in [0.15, 0.2) is 0 Å². The Balaban J connectivity index is 1.67. The molecule has 0 spiro atoms. The molecule has 0 aliphatic carbocycles. The molecule has 0 saturated carbocycles. The molecule has 2 aromatic carbocycles. The van der Waals surface area contributed by atoms with Gasteiger partial charge in [0.05, 0.1) is 12.2 Å². The van der Waals surface area contributed by atoms with Gasteiger partial charge in [0, 0.05) is 24.2 Å². The SMILES string of the molecule is O=S(=O)(N1CCCCC1)N(Cc1ccc(-c2nnc(C(F)(F)F)o2)cc1F)c1cccc(F)c1. The Bertz CT molecular complexity index is 1270. The van der Waals surface area contributed by atoms with Gasteiger partial charge in [-0.1, -0.05) is 18.6 Å². The van der Waals surface area contributed by atoms with Crippen molar-refractivity contribution < 1.29 is 34.8 Å². The summed E-state index contributed by atoms with van der Waals surface area (Å²) in [5.74, 6) is -3.68. The van der Waals surface area contributed by atoms with E-state index in [1.165, 1.54) is 28.6 Å². The van der Waals surface area contributed by atoms with Gasteiger partial charge in [0.1, 0.15) is 11.6 Å². The Hall–Kier alpha value is -3.06. The molecule has 13 heteroatoms. The molecule has 34 heavy (non-hydrogen) atoms. The lowest BCUT2D eigenvalue weighted by molar-refractivity contribution is -0.156. The summed E-state index contributed by atoms with van der Waals surface area (Å²) in [7, 11) is -4.12. The number of halogens is 5. The van der Waals surface area contributed by atoms with Gasteiger partial charge in [-0.3, -0.25) is 4.31 Å². The van der Waals surface area contributed by atoms with Gasteiger partial charge >= 0.3 is 22.3 Å². The molecular weight excluding hydrogens is 483 g/mol. The van der Waals surface area contributed by atoms with E-state index in [4.69, 9.17) is 0 Å². The van der Waals surface area contributed by atoms with Crippen molar-refractivity contribution in [2.75, 3.05) is 17.4 Å². The summed E-state index contributed by atoms with van der Waals surface area (Å²) in [6.07, 6.45) is -2.63. The maximum absolute atomic E-state index is 14.9. The molecule has 1 aliphatic rings. The molecule has 4 rings (SSSR count). The van der Waals surface area contributed by atoms with E-state index in [9.17, 15) is 30.4 Å². The average molecular weight is 502 g/mol. The summed E-state index contributed by atoms with van der Waals surface area (Å²) in [5, 5.41) is 6.19. The predicted molar refractivity (Wildman–Crippen MR) is 112 cm³/mol. The molecule has 0 unspecified atom stereocenters. The first kappa shape index (κ1) is 24.1. The highest BCUT2D eigenvalue weighted by Crippen LogP contribution is 2.32. The average Bonchev–Trinajstić information content (AvgIpc) is 3.30. The van der Waals surface area contributed by atoms with Crippen LogP contribution in [-0.4, -0.2) is 36.0 Å². The number of rotatable bonds is 6. The molecule has 1 aromatic heterocycles. The molecule has 0 bridgehead atoms. The normalized spacial score (nSPS) is 15.4. The van der Waals surface area contributed by atoms with Crippen LogP contribution < -0.4 is 4.31 Å². The molecule has 2 heterocycles. The zero-order chi connectivity index (χ0) is 24.5. The summed E-state index contributed by atoms with van der Waals surface area (Å²) in [6.45, 7) is 0.106. The van der Waals surface area contributed by atoms with Crippen LogP contribution in [0.1, 0.15) is 30.7 Å². The van der Waals surface area contributed by atoms with E-state index in [0.717, 1.165) is 28.9 Å². The lowest BCUT2D eigenvalue weighted by atomic mass is 10.1. The quantitative estimate of drug-likeness (QED) is 0.454. The van der Waals surface area contributed by atoms with Crippen LogP contribution in [0, 0.1) is 11.6 Å². The fraction of sp³-hybridized carbons (Fsp3) is 0.333. The predicted octanol–water partition coefficient (Wildman–Crippen LogP) is 4.77. The highest BCUT2D eigenvalue weighted by molar-refractivity contribution is 7.90. The zero-order valence-corrected chi connectivity index (χ0v) is 18.4. The lowest BCUT2D eigenvalue weighted by Gasteiger charge is -2.33. The molecular formula is C21H19F5N4O3S. The Labute approximate surface area is 192 Å². The third-order valence-corrected chi connectivity index (χ3v) is 7.21. The Morgan fingerprint density at radius 1 is 1.00 bits per heavy atom. The van der Waals surface area contributed by atoms with E-state index in [0.29, 0.717) is 12.8 Å². The largest absolute Gasteiger partial charge is 0.470 e. The Morgan fingerprint density at radius 3 is 2.35 bits per heavy atom. The minimum Gasteiger partial charge on any atom is -0.413 e. The third kappa shape index (κ3) is 5.04. The molecule has 0 amide bonds. The van der Waals surface area contributed by atoms with E-state index in [1.54, 1.807) is 0 Å². The molecule has 1 aliphatic heterocycles. The minimum absolute atomic E-state index is 0.0146.